The maximum absolute atomic E-state index is 16.6. The number of benzene rings is 1. The molecule has 48 heavy (non-hydrogen) atoms. The SMILES string of the molecule is Cc1c(-c2cc3cc(NC(=O)O[C@@H]4CC[C@](C)(O)C4)ncc3c(NC(=O)OC(C)(C)C)c2F)cnc2c1N(C(=O)OC(C)(C)C)CCO2. The lowest BCUT2D eigenvalue weighted by Crippen LogP contribution is -2.42. The highest BCUT2D eigenvalue weighted by atomic mass is 19.1. The van der Waals surface area contributed by atoms with Crippen LogP contribution in [0.3, 0.4) is 0 Å². The van der Waals surface area contributed by atoms with Gasteiger partial charge in [-0.3, -0.25) is 15.5 Å². The summed E-state index contributed by atoms with van der Waals surface area (Å²) in [6.07, 6.45) is 1.42. The number of nitrogens with one attached hydrogen (secondary N) is 2. The van der Waals surface area contributed by atoms with Gasteiger partial charge in [-0.25, -0.2) is 28.7 Å². The van der Waals surface area contributed by atoms with Crippen LogP contribution < -0.4 is 20.3 Å². The Hall–Kier alpha value is -4.72. The van der Waals surface area contributed by atoms with Crippen LogP contribution in [0.2, 0.25) is 0 Å². The molecule has 13 nitrogen and oxygen atoms in total. The van der Waals surface area contributed by atoms with Crippen LogP contribution in [0, 0.1) is 12.7 Å². The Morgan fingerprint density at radius 3 is 2.38 bits per heavy atom. The number of pyridine rings is 2. The first-order valence-corrected chi connectivity index (χ1v) is 15.8. The van der Waals surface area contributed by atoms with Gasteiger partial charge in [0, 0.05) is 35.3 Å². The molecule has 5 rings (SSSR count). The Morgan fingerprint density at radius 1 is 1.02 bits per heavy atom. The fourth-order valence-corrected chi connectivity index (χ4v) is 5.72. The second kappa shape index (κ2) is 12.7. The van der Waals surface area contributed by atoms with Crippen LogP contribution in [-0.2, 0) is 14.2 Å². The molecule has 3 N–H and O–H groups in total. The van der Waals surface area contributed by atoms with Gasteiger partial charge in [0.2, 0.25) is 5.88 Å². The summed E-state index contributed by atoms with van der Waals surface area (Å²) >= 11 is 0. The number of halogens is 1. The summed E-state index contributed by atoms with van der Waals surface area (Å²) in [6, 6.07) is 3.05. The summed E-state index contributed by atoms with van der Waals surface area (Å²) in [7, 11) is 0. The van der Waals surface area contributed by atoms with E-state index >= 15 is 4.39 Å². The van der Waals surface area contributed by atoms with E-state index in [0.29, 0.717) is 41.5 Å². The summed E-state index contributed by atoms with van der Waals surface area (Å²) in [5, 5.41) is 16.0. The van der Waals surface area contributed by atoms with Crippen molar-refractivity contribution in [3.8, 4) is 17.0 Å². The summed E-state index contributed by atoms with van der Waals surface area (Å²) < 4.78 is 38.8. The largest absolute Gasteiger partial charge is 0.474 e. The normalized spacial score (nSPS) is 19.3. The minimum Gasteiger partial charge on any atom is -0.474 e. The molecule has 14 heteroatoms. The number of ether oxygens (including phenoxy) is 4. The predicted octanol–water partition coefficient (Wildman–Crippen LogP) is 7.08. The fraction of sp³-hybridized carbons (Fsp3) is 0.500. The number of carbonyl (C=O) groups excluding carboxylic acids is 3. The number of carbonyl (C=O) groups is 3. The van der Waals surface area contributed by atoms with E-state index in [1.54, 1.807) is 55.4 Å². The third kappa shape index (κ3) is 7.87. The van der Waals surface area contributed by atoms with E-state index in [9.17, 15) is 19.5 Å². The summed E-state index contributed by atoms with van der Waals surface area (Å²) in [6.45, 7) is 14.1. The summed E-state index contributed by atoms with van der Waals surface area (Å²) in [5.74, 6) is -0.489. The van der Waals surface area contributed by atoms with E-state index in [0.717, 1.165) is 0 Å². The van der Waals surface area contributed by atoms with Gasteiger partial charge in [-0.15, -0.1) is 0 Å². The third-order valence-corrected chi connectivity index (χ3v) is 7.76. The van der Waals surface area contributed by atoms with E-state index in [-0.39, 0.29) is 41.5 Å². The highest BCUT2D eigenvalue weighted by molar-refractivity contribution is 6.05. The lowest BCUT2D eigenvalue weighted by atomic mass is 9.96. The summed E-state index contributed by atoms with van der Waals surface area (Å²) in [5.41, 5.74) is -1.55. The van der Waals surface area contributed by atoms with Crippen LogP contribution in [0.15, 0.2) is 24.5 Å². The number of nitrogens with zero attached hydrogens (tertiary/aromatic N) is 3. The second-order valence-electron chi connectivity index (χ2n) is 14.4. The van der Waals surface area contributed by atoms with Crippen molar-refractivity contribution < 1.29 is 42.8 Å². The Morgan fingerprint density at radius 2 is 1.73 bits per heavy atom. The average molecular weight is 668 g/mol. The first kappa shape index (κ1) is 34.6. The lowest BCUT2D eigenvalue weighted by Gasteiger charge is -2.32. The summed E-state index contributed by atoms with van der Waals surface area (Å²) in [4.78, 5) is 48.9. The number of rotatable bonds is 4. The lowest BCUT2D eigenvalue weighted by molar-refractivity contribution is 0.0451. The molecule has 1 saturated carbocycles. The minimum atomic E-state index is -0.899. The Kier molecular flexibility index (Phi) is 9.17. The van der Waals surface area contributed by atoms with Gasteiger partial charge >= 0.3 is 18.3 Å². The van der Waals surface area contributed by atoms with Gasteiger partial charge in [0.05, 0.1) is 17.8 Å². The van der Waals surface area contributed by atoms with Crippen molar-refractivity contribution in [3.63, 3.8) is 0 Å². The Labute approximate surface area is 278 Å². The molecule has 1 aliphatic carbocycles. The predicted molar refractivity (Wildman–Crippen MR) is 177 cm³/mol. The van der Waals surface area contributed by atoms with Crippen LogP contribution in [-0.4, -0.2) is 69.4 Å². The van der Waals surface area contributed by atoms with E-state index in [4.69, 9.17) is 18.9 Å². The molecule has 0 bridgehead atoms. The molecule has 1 aromatic carbocycles. The molecule has 2 atom stereocenters. The Balaban J connectivity index is 1.57. The van der Waals surface area contributed by atoms with Gasteiger partial charge in [-0.1, -0.05) is 0 Å². The molecule has 0 spiro atoms. The van der Waals surface area contributed by atoms with Crippen molar-refractivity contribution in [2.75, 3.05) is 28.7 Å². The van der Waals surface area contributed by atoms with E-state index in [1.807, 2.05) is 0 Å². The number of amides is 3. The number of aliphatic hydroxyl groups is 1. The number of anilines is 3. The van der Waals surface area contributed by atoms with Gasteiger partial charge in [0.25, 0.3) is 0 Å². The molecule has 1 fully saturated rings. The quantitative estimate of drug-likeness (QED) is 0.245. The average Bonchev–Trinajstić information content (AvgIpc) is 3.30. The van der Waals surface area contributed by atoms with Crippen molar-refractivity contribution in [1.29, 1.82) is 0 Å². The number of hydrogen-bond acceptors (Lipinski definition) is 10. The first-order chi connectivity index (χ1) is 22.3. The molecule has 258 valence electrons. The molecule has 0 unspecified atom stereocenters. The second-order valence-corrected chi connectivity index (χ2v) is 14.4. The standard InChI is InChI=1S/C34H42FN5O8/c1-18-22(16-37-28-27(18)40(11-12-45-28)31(43)48-33(5,6)7)21-13-19-14-24(38-29(41)46-20-9-10-34(8,44)15-20)36-17-23(19)26(25(21)35)39-30(42)47-32(2,3)4/h13-14,16-17,20,44H,9-12,15H2,1-8H3,(H,39,42)(H,36,38,41)/t20-,34+/m1/s1. The topological polar surface area (TPSA) is 161 Å². The van der Waals surface area contributed by atoms with Gasteiger partial charge in [0.15, 0.2) is 5.82 Å². The fourth-order valence-electron chi connectivity index (χ4n) is 5.72. The van der Waals surface area contributed by atoms with Gasteiger partial charge in [-0.2, -0.15) is 0 Å². The Bertz CT molecular complexity index is 1770. The van der Waals surface area contributed by atoms with Gasteiger partial charge < -0.3 is 24.1 Å². The van der Waals surface area contributed by atoms with Crippen molar-refractivity contribution >= 4 is 46.2 Å². The highest BCUT2D eigenvalue weighted by Gasteiger charge is 2.36. The number of hydrogen-bond donors (Lipinski definition) is 3. The third-order valence-electron chi connectivity index (χ3n) is 7.76. The van der Waals surface area contributed by atoms with Crippen molar-refractivity contribution in [1.82, 2.24) is 9.97 Å². The van der Waals surface area contributed by atoms with E-state index in [2.05, 4.69) is 20.6 Å². The van der Waals surface area contributed by atoms with E-state index < -0.39 is 47.0 Å². The minimum absolute atomic E-state index is 0.0454. The smallest absolute Gasteiger partial charge is 0.415 e. The van der Waals surface area contributed by atoms with Crippen molar-refractivity contribution in [2.24, 2.45) is 0 Å². The van der Waals surface area contributed by atoms with Gasteiger partial charge in [-0.05, 0) is 91.3 Å². The van der Waals surface area contributed by atoms with Crippen LogP contribution in [0.25, 0.3) is 21.9 Å². The molecular formula is C34H42FN5O8. The maximum Gasteiger partial charge on any atom is 0.415 e. The molecule has 2 aromatic heterocycles. The molecular weight excluding hydrogens is 625 g/mol. The monoisotopic (exact) mass is 667 g/mol. The molecule has 1 aliphatic heterocycles. The zero-order chi connectivity index (χ0) is 35.2. The molecule has 3 amide bonds. The van der Waals surface area contributed by atoms with Gasteiger partial charge in [0.1, 0.15) is 35.4 Å². The molecule has 3 heterocycles. The molecule has 2 aliphatic rings. The van der Waals surface area contributed by atoms with Crippen molar-refractivity contribution in [3.05, 3.63) is 35.9 Å². The van der Waals surface area contributed by atoms with Crippen LogP contribution in [0.5, 0.6) is 5.88 Å². The molecule has 0 saturated heterocycles. The van der Waals surface area contributed by atoms with Crippen LogP contribution >= 0.6 is 0 Å². The van der Waals surface area contributed by atoms with Crippen molar-refractivity contribution in [2.45, 2.75) is 97.6 Å². The molecule has 3 aromatic rings. The first-order valence-electron chi connectivity index (χ1n) is 15.8. The van der Waals surface area contributed by atoms with Crippen LogP contribution in [0.1, 0.15) is 73.3 Å². The maximum atomic E-state index is 16.6. The number of fused-ring (bicyclic) bond motifs is 2. The zero-order valence-electron chi connectivity index (χ0n) is 28.4. The highest BCUT2D eigenvalue weighted by Crippen LogP contribution is 2.43. The number of aromatic nitrogens is 2. The van der Waals surface area contributed by atoms with E-state index in [1.165, 1.54) is 29.4 Å². The molecule has 0 radical (unpaired) electrons. The van der Waals surface area contributed by atoms with Crippen LogP contribution in [0.4, 0.5) is 36.0 Å². The zero-order valence-corrected chi connectivity index (χ0v) is 28.4.